The zero-order valence-corrected chi connectivity index (χ0v) is 11.2. The van der Waals surface area contributed by atoms with Gasteiger partial charge >= 0.3 is 0 Å². The van der Waals surface area contributed by atoms with Gasteiger partial charge in [-0.1, -0.05) is 48.5 Å². The van der Waals surface area contributed by atoms with Crippen LogP contribution in [0.1, 0.15) is 13.8 Å². The standard InChI is InChI=1S/C17H17NO/c1-17(2,19)18-15-11-7-6-10-14(15)12-16(18)13-8-4-3-5-9-13/h3-12,19H,1-2H3. The van der Waals surface area contributed by atoms with Crippen molar-refractivity contribution in [1.29, 1.82) is 0 Å². The monoisotopic (exact) mass is 251 g/mol. The van der Waals surface area contributed by atoms with Gasteiger partial charge in [-0.15, -0.1) is 0 Å². The number of benzene rings is 2. The highest BCUT2D eigenvalue weighted by Crippen LogP contribution is 2.32. The summed E-state index contributed by atoms with van der Waals surface area (Å²) in [6.45, 7) is 3.62. The smallest absolute Gasteiger partial charge is 0.136 e. The summed E-state index contributed by atoms with van der Waals surface area (Å²) in [7, 11) is 0. The Bertz CT molecular complexity index is 705. The zero-order valence-electron chi connectivity index (χ0n) is 11.2. The average Bonchev–Trinajstić information content (AvgIpc) is 2.79. The summed E-state index contributed by atoms with van der Waals surface area (Å²) in [4.78, 5) is 0. The second kappa shape index (κ2) is 4.25. The zero-order chi connectivity index (χ0) is 13.5. The van der Waals surface area contributed by atoms with E-state index in [9.17, 15) is 5.11 Å². The van der Waals surface area contributed by atoms with Gasteiger partial charge in [-0.25, -0.2) is 0 Å². The third-order valence-corrected chi connectivity index (χ3v) is 3.33. The van der Waals surface area contributed by atoms with Crippen molar-refractivity contribution in [2.75, 3.05) is 0 Å². The van der Waals surface area contributed by atoms with Gasteiger partial charge in [0.15, 0.2) is 0 Å². The van der Waals surface area contributed by atoms with Gasteiger partial charge < -0.3 is 9.67 Å². The van der Waals surface area contributed by atoms with Crippen LogP contribution in [0.5, 0.6) is 0 Å². The Kier molecular flexibility index (Phi) is 2.68. The maximum atomic E-state index is 10.5. The lowest BCUT2D eigenvalue weighted by atomic mass is 10.1. The normalized spacial score (nSPS) is 11.9. The molecule has 96 valence electrons. The molecule has 1 N–H and O–H groups in total. The molecule has 3 aromatic rings. The number of aliphatic hydroxyl groups is 1. The van der Waals surface area contributed by atoms with Crippen LogP contribution in [0.25, 0.3) is 22.2 Å². The predicted molar refractivity (Wildman–Crippen MR) is 78.9 cm³/mol. The molecule has 0 saturated heterocycles. The van der Waals surface area contributed by atoms with E-state index in [-0.39, 0.29) is 0 Å². The van der Waals surface area contributed by atoms with Crippen LogP contribution in [-0.4, -0.2) is 9.67 Å². The van der Waals surface area contributed by atoms with Gasteiger partial charge in [-0.3, -0.25) is 0 Å². The highest BCUT2D eigenvalue weighted by Gasteiger charge is 2.22. The van der Waals surface area contributed by atoms with Gasteiger partial charge in [0.25, 0.3) is 0 Å². The molecular formula is C17H17NO. The number of nitrogens with zero attached hydrogens (tertiary/aromatic N) is 1. The Morgan fingerprint density at radius 1 is 0.895 bits per heavy atom. The van der Waals surface area contributed by atoms with E-state index in [1.807, 2.05) is 54.8 Å². The van der Waals surface area contributed by atoms with Crippen LogP contribution in [0, 0.1) is 0 Å². The summed E-state index contributed by atoms with van der Waals surface area (Å²) in [5, 5.41) is 11.6. The van der Waals surface area contributed by atoms with Crippen molar-refractivity contribution >= 4 is 10.9 Å². The van der Waals surface area contributed by atoms with E-state index in [4.69, 9.17) is 0 Å². The van der Waals surface area contributed by atoms with Crippen molar-refractivity contribution in [3.63, 3.8) is 0 Å². The van der Waals surface area contributed by atoms with E-state index in [0.717, 1.165) is 22.2 Å². The van der Waals surface area contributed by atoms with E-state index in [2.05, 4.69) is 24.3 Å². The van der Waals surface area contributed by atoms with Crippen molar-refractivity contribution in [2.45, 2.75) is 19.6 Å². The summed E-state index contributed by atoms with van der Waals surface area (Å²) in [6, 6.07) is 20.4. The van der Waals surface area contributed by atoms with Crippen LogP contribution >= 0.6 is 0 Å². The van der Waals surface area contributed by atoms with Crippen LogP contribution < -0.4 is 0 Å². The Labute approximate surface area is 112 Å². The first-order valence-electron chi connectivity index (χ1n) is 6.46. The van der Waals surface area contributed by atoms with Gasteiger partial charge in [0.2, 0.25) is 0 Å². The van der Waals surface area contributed by atoms with Crippen molar-refractivity contribution in [3.05, 3.63) is 60.7 Å². The molecule has 0 radical (unpaired) electrons. The maximum Gasteiger partial charge on any atom is 0.136 e. The molecule has 0 aliphatic rings. The molecule has 2 nitrogen and oxygen atoms in total. The number of fused-ring (bicyclic) bond motifs is 1. The van der Waals surface area contributed by atoms with E-state index in [1.165, 1.54) is 0 Å². The van der Waals surface area contributed by atoms with Gasteiger partial charge in [-0.2, -0.15) is 0 Å². The first-order valence-corrected chi connectivity index (χ1v) is 6.46. The van der Waals surface area contributed by atoms with Crippen LogP contribution in [0.2, 0.25) is 0 Å². The lowest BCUT2D eigenvalue weighted by molar-refractivity contribution is 0.00781. The molecule has 1 aromatic heterocycles. The summed E-state index contributed by atoms with van der Waals surface area (Å²) in [5.74, 6) is 0. The molecule has 1 heterocycles. The van der Waals surface area contributed by atoms with Gasteiger partial charge in [0.05, 0.1) is 11.2 Å². The Morgan fingerprint density at radius 3 is 2.21 bits per heavy atom. The fraction of sp³-hybridized carbons (Fsp3) is 0.176. The predicted octanol–water partition coefficient (Wildman–Crippen LogP) is 3.99. The summed E-state index contributed by atoms with van der Waals surface area (Å²) in [5.41, 5.74) is 2.26. The third-order valence-electron chi connectivity index (χ3n) is 3.33. The van der Waals surface area contributed by atoms with Crippen LogP contribution in [-0.2, 0) is 5.72 Å². The Morgan fingerprint density at radius 2 is 1.53 bits per heavy atom. The Balaban J connectivity index is 2.36. The number of para-hydroxylation sites is 1. The third kappa shape index (κ3) is 2.04. The van der Waals surface area contributed by atoms with E-state index in [1.54, 1.807) is 0 Å². The molecule has 0 spiro atoms. The largest absolute Gasteiger partial charge is 0.371 e. The summed E-state index contributed by atoms with van der Waals surface area (Å²) < 4.78 is 1.98. The second-order valence-corrected chi connectivity index (χ2v) is 5.28. The minimum atomic E-state index is -0.936. The molecule has 0 atom stereocenters. The van der Waals surface area contributed by atoms with Crippen molar-refractivity contribution in [2.24, 2.45) is 0 Å². The van der Waals surface area contributed by atoms with Gasteiger partial charge in [0.1, 0.15) is 5.72 Å². The molecule has 0 saturated carbocycles. The number of hydrogen-bond acceptors (Lipinski definition) is 1. The lowest BCUT2D eigenvalue weighted by Crippen LogP contribution is -2.25. The molecule has 2 aromatic carbocycles. The Hall–Kier alpha value is -2.06. The van der Waals surface area contributed by atoms with Crippen molar-refractivity contribution in [3.8, 4) is 11.3 Å². The fourth-order valence-electron chi connectivity index (χ4n) is 2.57. The molecule has 0 unspecified atom stereocenters. The van der Waals surface area contributed by atoms with Gasteiger partial charge in [0, 0.05) is 5.39 Å². The van der Waals surface area contributed by atoms with Gasteiger partial charge in [-0.05, 0) is 31.5 Å². The molecular weight excluding hydrogens is 234 g/mol. The highest BCUT2D eigenvalue weighted by atomic mass is 16.3. The number of hydrogen-bond donors (Lipinski definition) is 1. The molecule has 0 fully saturated rings. The number of rotatable bonds is 2. The second-order valence-electron chi connectivity index (χ2n) is 5.28. The summed E-state index contributed by atoms with van der Waals surface area (Å²) in [6.07, 6.45) is 0. The van der Waals surface area contributed by atoms with Crippen LogP contribution in [0.4, 0.5) is 0 Å². The van der Waals surface area contributed by atoms with Crippen LogP contribution in [0.15, 0.2) is 60.7 Å². The van der Waals surface area contributed by atoms with Crippen molar-refractivity contribution in [1.82, 2.24) is 4.57 Å². The fourth-order valence-corrected chi connectivity index (χ4v) is 2.57. The average molecular weight is 251 g/mol. The highest BCUT2D eigenvalue weighted by molar-refractivity contribution is 5.87. The van der Waals surface area contributed by atoms with Crippen LogP contribution in [0.3, 0.4) is 0 Å². The quantitative estimate of drug-likeness (QED) is 0.732. The molecule has 0 amide bonds. The molecule has 0 aliphatic heterocycles. The molecule has 2 heteroatoms. The first-order chi connectivity index (χ1) is 9.07. The van der Waals surface area contributed by atoms with Crippen molar-refractivity contribution < 1.29 is 5.11 Å². The molecule has 3 rings (SSSR count). The molecule has 0 bridgehead atoms. The lowest BCUT2D eigenvalue weighted by Gasteiger charge is -2.24. The minimum absolute atomic E-state index is 0.936. The number of aromatic nitrogens is 1. The van der Waals surface area contributed by atoms with E-state index >= 15 is 0 Å². The topological polar surface area (TPSA) is 25.2 Å². The molecule has 0 aliphatic carbocycles. The summed E-state index contributed by atoms with van der Waals surface area (Å²) >= 11 is 0. The van der Waals surface area contributed by atoms with E-state index < -0.39 is 5.72 Å². The minimum Gasteiger partial charge on any atom is -0.371 e. The maximum absolute atomic E-state index is 10.5. The first kappa shape index (κ1) is 12.0. The molecule has 19 heavy (non-hydrogen) atoms. The SMILES string of the molecule is CC(C)(O)n1c(-c2ccccc2)cc2ccccc21. The van der Waals surface area contributed by atoms with E-state index in [0.29, 0.717) is 0 Å².